The monoisotopic (exact) mass is 308 g/mol. The highest BCUT2D eigenvalue weighted by Gasteiger charge is 2.28. The van der Waals surface area contributed by atoms with Gasteiger partial charge in [-0.2, -0.15) is 0 Å². The number of piperidine rings is 1. The number of hydrogen-bond acceptors (Lipinski definition) is 4. The maximum absolute atomic E-state index is 6.63. The molecular weight excluding hydrogens is 284 g/mol. The summed E-state index contributed by atoms with van der Waals surface area (Å²) in [6.45, 7) is 5.89. The molecule has 2 aromatic rings. The van der Waals surface area contributed by atoms with Crippen molar-refractivity contribution < 1.29 is 0 Å². The number of hydrogen-bond donors (Lipinski definition) is 1. The molecule has 0 radical (unpaired) electrons. The molecule has 2 N–H and O–H groups in total. The summed E-state index contributed by atoms with van der Waals surface area (Å²) in [7, 11) is 0. The van der Waals surface area contributed by atoms with Gasteiger partial charge in [-0.15, -0.1) is 6.58 Å². The van der Waals surface area contributed by atoms with Crippen molar-refractivity contribution in [1.82, 2.24) is 14.9 Å². The minimum Gasteiger partial charge on any atom is -0.323 e. The first kappa shape index (κ1) is 15.8. The maximum atomic E-state index is 6.63. The third kappa shape index (κ3) is 3.66. The van der Waals surface area contributed by atoms with E-state index in [1.54, 1.807) is 18.6 Å². The van der Waals surface area contributed by atoms with Gasteiger partial charge < -0.3 is 5.73 Å². The molecule has 1 aliphatic heterocycles. The van der Waals surface area contributed by atoms with Crippen molar-refractivity contribution in [3.05, 3.63) is 61.1 Å². The van der Waals surface area contributed by atoms with Crippen molar-refractivity contribution in [2.45, 2.75) is 31.3 Å². The molecule has 0 saturated carbocycles. The fourth-order valence-electron chi connectivity index (χ4n) is 3.39. The summed E-state index contributed by atoms with van der Waals surface area (Å²) >= 11 is 0. The van der Waals surface area contributed by atoms with E-state index >= 15 is 0 Å². The van der Waals surface area contributed by atoms with Gasteiger partial charge in [-0.05, 0) is 31.0 Å². The van der Waals surface area contributed by atoms with Gasteiger partial charge in [0.25, 0.3) is 0 Å². The lowest BCUT2D eigenvalue weighted by Crippen LogP contribution is -2.45. The summed E-state index contributed by atoms with van der Waals surface area (Å²) in [4.78, 5) is 11.0. The quantitative estimate of drug-likeness (QED) is 0.862. The molecule has 0 aliphatic carbocycles. The smallest absolute Gasteiger partial charge is 0.0885 e. The Morgan fingerprint density at radius 3 is 3.04 bits per heavy atom. The third-order valence-electron chi connectivity index (χ3n) is 4.57. The highest BCUT2D eigenvalue weighted by atomic mass is 15.2. The van der Waals surface area contributed by atoms with Crippen molar-refractivity contribution in [1.29, 1.82) is 0 Å². The minimum atomic E-state index is 0.00636. The van der Waals surface area contributed by atoms with Crippen LogP contribution in [0.15, 0.2) is 55.5 Å². The van der Waals surface area contributed by atoms with E-state index in [0.717, 1.165) is 36.3 Å². The molecule has 1 fully saturated rings. The van der Waals surface area contributed by atoms with Crippen LogP contribution in [0.5, 0.6) is 0 Å². The molecule has 120 valence electrons. The van der Waals surface area contributed by atoms with Crippen LogP contribution < -0.4 is 5.73 Å². The molecule has 2 heterocycles. The van der Waals surface area contributed by atoms with Crippen LogP contribution in [0, 0.1) is 0 Å². The van der Waals surface area contributed by atoms with Crippen molar-refractivity contribution in [3.8, 4) is 11.3 Å². The van der Waals surface area contributed by atoms with Crippen LogP contribution >= 0.6 is 0 Å². The zero-order chi connectivity index (χ0) is 16.1. The van der Waals surface area contributed by atoms with E-state index in [0.29, 0.717) is 6.04 Å². The van der Waals surface area contributed by atoms with Crippen molar-refractivity contribution >= 4 is 0 Å². The van der Waals surface area contributed by atoms with Crippen LogP contribution in [0.1, 0.15) is 30.9 Å². The SMILES string of the molecule is C=CCN1CCCC[C@H]1[C@@H](N)c1cccc(-c2cnccn2)c1. The van der Waals surface area contributed by atoms with Crippen LogP contribution in [0.3, 0.4) is 0 Å². The fourth-order valence-corrected chi connectivity index (χ4v) is 3.39. The van der Waals surface area contributed by atoms with Crippen molar-refractivity contribution in [2.75, 3.05) is 13.1 Å². The topological polar surface area (TPSA) is 55.0 Å². The maximum Gasteiger partial charge on any atom is 0.0885 e. The molecule has 4 heteroatoms. The van der Waals surface area contributed by atoms with E-state index in [1.165, 1.54) is 12.8 Å². The standard InChI is InChI=1S/C19H24N4/c1-2-11-23-12-4-3-8-18(23)19(20)16-7-5-6-15(13-16)17-14-21-9-10-22-17/h2,5-7,9-10,13-14,18-19H,1,3-4,8,11-12,20H2/t18-,19-/m0/s1. The van der Waals surface area contributed by atoms with E-state index in [1.807, 2.05) is 6.08 Å². The van der Waals surface area contributed by atoms with Gasteiger partial charge in [0.1, 0.15) is 0 Å². The van der Waals surface area contributed by atoms with Crippen LogP contribution in [0.25, 0.3) is 11.3 Å². The van der Waals surface area contributed by atoms with Crippen molar-refractivity contribution in [3.63, 3.8) is 0 Å². The number of aromatic nitrogens is 2. The molecule has 0 unspecified atom stereocenters. The summed E-state index contributed by atoms with van der Waals surface area (Å²) in [5.41, 5.74) is 9.74. The first-order valence-electron chi connectivity index (χ1n) is 8.26. The summed E-state index contributed by atoms with van der Waals surface area (Å²) in [6.07, 6.45) is 10.8. The Bertz CT molecular complexity index is 641. The van der Waals surface area contributed by atoms with Gasteiger partial charge in [-0.1, -0.05) is 30.7 Å². The van der Waals surface area contributed by atoms with E-state index in [4.69, 9.17) is 5.73 Å². The highest BCUT2D eigenvalue weighted by molar-refractivity contribution is 5.59. The van der Waals surface area contributed by atoms with Crippen LogP contribution in [0.4, 0.5) is 0 Å². The van der Waals surface area contributed by atoms with Gasteiger partial charge in [0.2, 0.25) is 0 Å². The molecule has 0 amide bonds. The second-order valence-electron chi connectivity index (χ2n) is 6.09. The summed E-state index contributed by atoms with van der Waals surface area (Å²) in [6, 6.07) is 8.76. The Balaban J connectivity index is 1.84. The lowest BCUT2D eigenvalue weighted by Gasteiger charge is -2.38. The van der Waals surface area contributed by atoms with Crippen LogP contribution in [-0.4, -0.2) is 34.0 Å². The fraction of sp³-hybridized carbons (Fsp3) is 0.368. The number of nitrogens with zero attached hydrogens (tertiary/aromatic N) is 3. The zero-order valence-corrected chi connectivity index (χ0v) is 13.4. The predicted octanol–water partition coefficient (Wildman–Crippen LogP) is 3.18. The molecule has 1 aromatic heterocycles. The molecule has 0 bridgehead atoms. The van der Waals surface area contributed by atoms with Crippen molar-refractivity contribution in [2.24, 2.45) is 5.73 Å². The number of likely N-dealkylation sites (tertiary alicyclic amines) is 1. The number of rotatable bonds is 5. The molecule has 3 rings (SSSR count). The Morgan fingerprint density at radius 1 is 1.35 bits per heavy atom. The van der Waals surface area contributed by atoms with E-state index in [9.17, 15) is 0 Å². The Kier molecular flexibility index (Phi) is 5.16. The summed E-state index contributed by atoms with van der Waals surface area (Å²) < 4.78 is 0. The molecule has 23 heavy (non-hydrogen) atoms. The Morgan fingerprint density at radius 2 is 2.26 bits per heavy atom. The molecule has 1 saturated heterocycles. The Hall–Kier alpha value is -2.04. The second kappa shape index (κ2) is 7.49. The van der Waals surface area contributed by atoms with Gasteiger partial charge >= 0.3 is 0 Å². The number of nitrogens with two attached hydrogens (primary N) is 1. The number of benzene rings is 1. The van der Waals surface area contributed by atoms with Gasteiger partial charge in [0, 0.05) is 36.6 Å². The molecule has 1 aromatic carbocycles. The first-order chi connectivity index (χ1) is 11.3. The third-order valence-corrected chi connectivity index (χ3v) is 4.57. The van der Waals surface area contributed by atoms with Gasteiger partial charge in [-0.3, -0.25) is 14.9 Å². The lowest BCUT2D eigenvalue weighted by atomic mass is 9.90. The van der Waals surface area contributed by atoms with E-state index in [-0.39, 0.29) is 6.04 Å². The highest BCUT2D eigenvalue weighted by Crippen LogP contribution is 2.29. The van der Waals surface area contributed by atoms with E-state index < -0.39 is 0 Å². The van der Waals surface area contributed by atoms with Crippen LogP contribution in [0.2, 0.25) is 0 Å². The molecule has 1 aliphatic rings. The predicted molar refractivity (Wildman–Crippen MR) is 93.8 cm³/mol. The summed E-state index contributed by atoms with van der Waals surface area (Å²) in [5.74, 6) is 0. The molecule has 4 nitrogen and oxygen atoms in total. The second-order valence-corrected chi connectivity index (χ2v) is 6.09. The normalized spacial score (nSPS) is 20.1. The van der Waals surface area contributed by atoms with Crippen LogP contribution in [-0.2, 0) is 0 Å². The molecular formula is C19H24N4. The Labute approximate surface area is 138 Å². The minimum absolute atomic E-state index is 0.00636. The largest absolute Gasteiger partial charge is 0.323 e. The summed E-state index contributed by atoms with van der Waals surface area (Å²) in [5, 5.41) is 0. The van der Waals surface area contributed by atoms with E-state index in [2.05, 4.69) is 45.7 Å². The average Bonchev–Trinajstić information content (AvgIpc) is 2.63. The molecule has 0 spiro atoms. The van der Waals surface area contributed by atoms with Gasteiger partial charge in [-0.25, -0.2) is 0 Å². The molecule has 2 atom stereocenters. The average molecular weight is 308 g/mol. The van der Waals surface area contributed by atoms with Gasteiger partial charge in [0.15, 0.2) is 0 Å². The first-order valence-corrected chi connectivity index (χ1v) is 8.26. The van der Waals surface area contributed by atoms with Gasteiger partial charge in [0.05, 0.1) is 11.9 Å². The lowest BCUT2D eigenvalue weighted by molar-refractivity contribution is 0.141. The zero-order valence-electron chi connectivity index (χ0n) is 13.4.